The van der Waals surface area contributed by atoms with Crippen molar-refractivity contribution in [1.29, 1.82) is 0 Å². The van der Waals surface area contributed by atoms with Gasteiger partial charge in [0.05, 0.1) is 25.0 Å². The fourth-order valence-corrected chi connectivity index (χ4v) is 5.17. The normalized spacial score (nSPS) is 17.3. The highest BCUT2D eigenvalue weighted by molar-refractivity contribution is 7.17. The summed E-state index contributed by atoms with van der Waals surface area (Å²) < 4.78 is 5.98. The van der Waals surface area contributed by atoms with Crippen molar-refractivity contribution in [1.82, 2.24) is 20.2 Å². The molecular weight excluding hydrogens is 412 g/mol. The van der Waals surface area contributed by atoms with E-state index in [4.69, 9.17) is 4.74 Å². The molecule has 2 aromatic heterocycles. The second-order valence-corrected chi connectivity index (χ2v) is 9.24. The van der Waals surface area contributed by atoms with Crippen LogP contribution in [0.2, 0.25) is 0 Å². The predicted molar refractivity (Wildman–Crippen MR) is 122 cm³/mol. The van der Waals surface area contributed by atoms with E-state index in [2.05, 4.69) is 45.8 Å². The number of fused-ring (bicyclic) bond motifs is 1. The number of H-pyrrole nitrogens is 1. The minimum atomic E-state index is -0.634. The van der Waals surface area contributed by atoms with Crippen LogP contribution in [-0.2, 0) is 9.53 Å². The summed E-state index contributed by atoms with van der Waals surface area (Å²) in [5, 5.41) is 6.00. The van der Waals surface area contributed by atoms with Crippen molar-refractivity contribution in [2.24, 2.45) is 5.92 Å². The summed E-state index contributed by atoms with van der Waals surface area (Å²) in [6, 6.07) is 5.62. The number of ether oxygens (including phenoxy) is 1. The van der Waals surface area contributed by atoms with Gasteiger partial charge in [-0.25, -0.2) is 9.78 Å². The lowest BCUT2D eigenvalue weighted by molar-refractivity contribution is -0.135. The number of carbonyl (C=O) groups excluding carboxylic acids is 2. The van der Waals surface area contributed by atoms with E-state index < -0.39 is 12.1 Å². The molecule has 2 N–H and O–H groups in total. The smallest absolute Gasteiger partial charge is 0.407 e. The summed E-state index contributed by atoms with van der Waals surface area (Å²) in [6.45, 7) is 6.59. The number of aromatic amines is 1. The van der Waals surface area contributed by atoms with E-state index in [1.54, 1.807) is 11.3 Å². The SMILES string of the molecule is COC(=O)N[C@H](C(=O)N1CCC[C@H]1c1ncc(-c2ccc(C)c3sccc23)[nH]1)C(C)C. The van der Waals surface area contributed by atoms with Crippen molar-refractivity contribution in [2.75, 3.05) is 13.7 Å². The minimum absolute atomic E-state index is 0.0561. The van der Waals surface area contributed by atoms with Crippen LogP contribution < -0.4 is 5.32 Å². The van der Waals surface area contributed by atoms with Gasteiger partial charge in [0.2, 0.25) is 5.91 Å². The number of carbonyl (C=O) groups is 2. The van der Waals surface area contributed by atoms with E-state index in [1.165, 1.54) is 22.8 Å². The van der Waals surface area contributed by atoms with Gasteiger partial charge in [-0.1, -0.05) is 26.0 Å². The molecule has 2 amide bonds. The highest BCUT2D eigenvalue weighted by Gasteiger charge is 2.37. The molecular formula is C23H28N4O3S. The summed E-state index contributed by atoms with van der Waals surface area (Å²) in [5.74, 6) is 0.626. The number of alkyl carbamates (subject to hydrolysis) is 1. The van der Waals surface area contributed by atoms with Gasteiger partial charge in [-0.2, -0.15) is 0 Å². The molecule has 3 heterocycles. The van der Waals surface area contributed by atoms with Crippen molar-refractivity contribution in [3.8, 4) is 11.3 Å². The Balaban J connectivity index is 1.60. The molecule has 1 fully saturated rings. The first-order valence-corrected chi connectivity index (χ1v) is 11.5. The summed E-state index contributed by atoms with van der Waals surface area (Å²) in [6.07, 6.45) is 2.99. The van der Waals surface area contributed by atoms with Crippen molar-refractivity contribution < 1.29 is 14.3 Å². The van der Waals surface area contributed by atoms with Crippen LogP contribution in [0.1, 0.15) is 44.1 Å². The lowest BCUT2D eigenvalue weighted by Crippen LogP contribution is -2.51. The minimum Gasteiger partial charge on any atom is -0.453 e. The molecule has 0 aliphatic carbocycles. The van der Waals surface area contributed by atoms with E-state index in [0.29, 0.717) is 6.54 Å². The molecule has 0 saturated carbocycles. The number of amides is 2. The molecule has 0 radical (unpaired) electrons. The van der Waals surface area contributed by atoms with Crippen molar-refractivity contribution >= 4 is 33.4 Å². The van der Waals surface area contributed by atoms with E-state index in [0.717, 1.165) is 29.9 Å². The van der Waals surface area contributed by atoms with Gasteiger partial charge in [0.1, 0.15) is 11.9 Å². The third kappa shape index (κ3) is 4.04. The summed E-state index contributed by atoms with van der Waals surface area (Å²) in [5.41, 5.74) is 3.33. The number of rotatable bonds is 5. The molecule has 1 aromatic carbocycles. The molecule has 31 heavy (non-hydrogen) atoms. The molecule has 0 unspecified atom stereocenters. The molecule has 1 saturated heterocycles. The second kappa shape index (κ2) is 8.70. The second-order valence-electron chi connectivity index (χ2n) is 8.32. The number of aromatic nitrogens is 2. The van der Waals surface area contributed by atoms with Crippen LogP contribution in [0.4, 0.5) is 4.79 Å². The Labute approximate surface area is 185 Å². The molecule has 4 rings (SSSR count). The topological polar surface area (TPSA) is 87.3 Å². The van der Waals surface area contributed by atoms with Gasteiger partial charge in [-0.15, -0.1) is 11.3 Å². The Morgan fingerprint density at radius 1 is 1.32 bits per heavy atom. The van der Waals surface area contributed by atoms with Gasteiger partial charge < -0.3 is 19.9 Å². The van der Waals surface area contributed by atoms with Crippen LogP contribution in [0.5, 0.6) is 0 Å². The Morgan fingerprint density at radius 2 is 2.13 bits per heavy atom. The Kier molecular flexibility index (Phi) is 6.00. The van der Waals surface area contributed by atoms with E-state index in [9.17, 15) is 9.59 Å². The van der Waals surface area contributed by atoms with Crippen LogP contribution in [0.3, 0.4) is 0 Å². The lowest BCUT2D eigenvalue weighted by atomic mass is 10.0. The van der Waals surface area contributed by atoms with Crippen LogP contribution in [0.25, 0.3) is 21.3 Å². The van der Waals surface area contributed by atoms with Gasteiger partial charge in [-0.05, 0) is 42.7 Å². The third-order valence-corrected chi connectivity index (χ3v) is 6.99. The predicted octanol–water partition coefficient (Wildman–Crippen LogP) is 4.64. The number of hydrogen-bond acceptors (Lipinski definition) is 5. The standard InChI is InChI=1S/C23H28N4O3S/c1-13(2)19(26-23(29)30-4)22(28)27-10-5-6-18(27)21-24-12-17(25-21)15-8-7-14(3)20-16(15)9-11-31-20/h7-9,11-13,18-19H,5-6,10H2,1-4H3,(H,24,25)(H,26,29)/t18-,19-/m0/s1. The molecule has 0 bridgehead atoms. The van der Waals surface area contributed by atoms with Crippen LogP contribution in [0, 0.1) is 12.8 Å². The molecule has 7 nitrogen and oxygen atoms in total. The largest absolute Gasteiger partial charge is 0.453 e. The average Bonchev–Trinajstić information content (AvgIpc) is 3.51. The van der Waals surface area contributed by atoms with Gasteiger partial charge in [-0.3, -0.25) is 4.79 Å². The quantitative estimate of drug-likeness (QED) is 0.605. The molecule has 164 valence electrons. The highest BCUT2D eigenvalue weighted by atomic mass is 32.1. The number of nitrogens with one attached hydrogen (secondary N) is 2. The monoisotopic (exact) mass is 440 g/mol. The molecule has 1 aliphatic rings. The van der Waals surface area contributed by atoms with Crippen molar-refractivity contribution in [3.05, 3.63) is 41.2 Å². The van der Waals surface area contributed by atoms with Gasteiger partial charge in [0.15, 0.2) is 0 Å². The maximum atomic E-state index is 13.3. The zero-order chi connectivity index (χ0) is 22.1. The first-order valence-electron chi connectivity index (χ1n) is 10.6. The van der Waals surface area contributed by atoms with Crippen LogP contribution in [0.15, 0.2) is 29.8 Å². The maximum Gasteiger partial charge on any atom is 0.407 e. The average molecular weight is 441 g/mol. The third-order valence-electron chi connectivity index (χ3n) is 5.94. The fourth-order valence-electron chi connectivity index (χ4n) is 4.27. The summed E-state index contributed by atoms with van der Waals surface area (Å²) in [4.78, 5) is 35.0. The zero-order valence-electron chi connectivity index (χ0n) is 18.3. The number of nitrogens with zero attached hydrogens (tertiary/aromatic N) is 2. The highest BCUT2D eigenvalue weighted by Crippen LogP contribution is 2.36. The van der Waals surface area contributed by atoms with Gasteiger partial charge in [0.25, 0.3) is 0 Å². The first kappa shape index (κ1) is 21.4. The van der Waals surface area contributed by atoms with E-state index in [-0.39, 0.29) is 17.9 Å². The number of benzene rings is 1. The Morgan fingerprint density at radius 3 is 2.87 bits per heavy atom. The lowest BCUT2D eigenvalue weighted by Gasteiger charge is -2.30. The molecule has 3 aromatic rings. The summed E-state index contributed by atoms with van der Waals surface area (Å²) in [7, 11) is 1.30. The molecule has 0 spiro atoms. The maximum absolute atomic E-state index is 13.3. The Hall–Kier alpha value is -2.87. The number of thiophene rings is 1. The number of hydrogen-bond donors (Lipinski definition) is 2. The van der Waals surface area contributed by atoms with E-state index in [1.807, 2.05) is 24.9 Å². The fraction of sp³-hybridized carbons (Fsp3) is 0.435. The van der Waals surface area contributed by atoms with Crippen molar-refractivity contribution in [2.45, 2.75) is 45.7 Å². The molecule has 8 heteroatoms. The summed E-state index contributed by atoms with van der Waals surface area (Å²) >= 11 is 1.74. The van der Waals surface area contributed by atoms with Crippen molar-refractivity contribution in [3.63, 3.8) is 0 Å². The number of aryl methyl sites for hydroxylation is 1. The Bertz CT molecular complexity index is 1100. The van der Waals surface area contributed by atoms with Crippen LogP contribution in [-0.4, -0.2) is 46.6 Å². The molecule has 1 aliphatic heterocycles. The van der Waals surface area contributed by atoms with E-state index >= 15 is 0 Å². The zero-order valence-corrected chi connectivity index (χ0v) is 19.1. The van der Waals surface area contributed by atoms with Gasteiger partial charge >= 0.3 is 6.09 Å². The number of likely N-dealkylation sites (tertiary alicyclic amines) is 1. The molecule has 2 atom stereocenters. The van der Waals surface area contributed by atoms with Crippen LogP contribution >= 0.6 is 11.3 Å². The number of imidazole rings is 1. The van der Waals surface area contributed by atoms with Gasteiger partial charge in [0, 0.05) is 22.2 Å². The number of methoxy groups -OCH3 is 1. The first-order chi connectivity index (χ1) is 14.9.